The summed E-state index contributed by atoms with van der Waals surface area (Å²) < 4.78 is 28.6. The third-order valence-electron chi connectivity index (χ3n) is 5.83. The van der Waals surface area contributed by atoms with Crippen LogP contribution < -0.4 is 9.62 Å². The zero-order valence-corrected chi connectivity index (χ0v) is 21.3. The number of halogens is 1. The van der Waals surface area contributed by atoms with E-state index in [1.165, 1.54) is 30.5 Å². The van der Waals surface area contributed by atoms with Crippen molar-refractivity contribution in [2.24, 2.45) is 0 Å². The molecule has 0 aromatic heterocycles. The third-order valence-corrected chi connectivity index (χ3v) is 8.11. The number of nitrogens with one attached hydrogen (secondary N) is 1. The first kappa shape index (κ1) is 24.4. The van der Waals surface area contributed by atoms with E-state index >= 15 is 0 Å². The van der Waals surface area contributed by atoms with Crippen LogP contribution in [0.3, 0.4) is 0 Å². The number of carbonyl (C=O) groups is 1. The molecule has 4 rings (SSSR count). The monoisotopic (exact) mass is 541 g/mol. The van der Waals surface area contributed by atoms with Gasteiger partial charge in [-0.3, -0.25) is 14.0 Å². The molecule has 1 N–H and O–H groups in total. The van der Waals surface area contributed by atoms with Gasteiger partial charge in [0, 0.05) is 17.6 Å². The van der Waals surface area contributed by atoms with Crippen LogP contribution in [0.15, 0.2) is 88.2 Å². The van der Waals surface area contributed by atoms with Gasteiger partial charge in [0.2, 0.25) is 5.91 Å². The van der Waals surface area contributed by atoms with Crippen LogP contribution >= 0.6 is 15.9 Å². The lowest BCUT2D eigenvalue weighted by Gasteiger charge is -2.24. The zero-order valence-electron chi connectivity index (χ0n) is 18.9. The van der Waals surface area contributed by atoms with E-state index in [1.807, 2.05) is 18.2 Å². The second-order valence-corrected chi connectivity index (χ2v) is 11.2. The fraction of sp³-hybridized carbons (Fsp3) is 0.269. The molecule has 0 aliphatic carbocycles. The van der Waals surface area contributed by atoms with Crippen molar-refractivity contribution in [3.8, 4) is 0 Å². The second kappa shape index (κ2) is 11.2. The normalized spacial score (nSPS) is 14.1. The molecule has 1 aliphatic heterocycles. The van der Waals surface area contributed by atoms with Crippen molar-refractivity contribution < 1.29 is 13.2 Å². The number of sulfonamides is 1. The van der Waals surface area contributed by atoms with E-state index in [-0.39, 0.29) is 17.3 Å². The predicted molar refractivity (Wildman–Crippen MR) is 138 cm³/mol. The number of rotatable bonds is 9. The standard InChI is InChI=1S/C26H28BrN3O3S/c27-23-7-6-8-24(17-23)30(34(32,33)25-9-2-1-3-10-25)20-26(31)28-18-21-11-13-22(14-12-21)19-29-15-4-5-16-29/h1-3,6-14,17H,4-5,15-16,18-20H2,(H,28,31). The van der Waals surface area contributed by atoms with Crippen LogP contribution in [0.1, 0.15) is 24.0 Å². The maximum absolute atomic E-state index is 13.4. The van der Waals surface area contributed by atoms with Gasteiger partial charge in [0.15, 0.2) is 0 Å². The van der Waals surface area contributed by atoms with Crippen molar-refractivity contribution in [3.05, 3.63) is 94.5 Å². The van der Waals surface area contributed by atoms with E-state index in [2.05, 4.69) is 38.3 Å². The first-order valence-electron chi connectivity index (χ1n) is 11.3. The van der Waals surface area contributed by atoms with Gasteiger partial charge in [-0.2, -0.15) is 0 Å². The van der Waals surface area contributed by atoms with Gasteiger partial charge in [-0.15, -0.1) is 0 Å². The molecule has 8 heteroatoms. The van der Waals surface area contributed by atoms with Gasteiger partial charge in [-0.1, -0.05) is 64.5 Å². The Bertz CT molecular complexity index is 1210. The summed E-state index contributed by atoms with van der Waals surface area (Å²) in [5.41, 5.74) is 2.64. The first-order chi connectivity index (χ1) is 16.4. The molecule has 0 radical (unpaired) electrons. The summed E-state index contributed by atoms with van der Waals surface area (Å²) in [6.45, 7) is 3.27. The van der Waals surface area contributed by atoms with Gasteiger partial charge >= 0.3 is 0 Å². The number of hydrogen-bond acceptors (Lipinski definition) is 4. The molecule has 0 spiro atoms. The lowest BCUT2D eigenvalue weighted by Crippen LogP contribution is -2.40. The Morgan fingerprint density at radius 1 is 0.912 bits per heavy atom. The zero-order chi connectivity index (χ0) is 24.0. The summed E-state index contributed by atoms with van der Waals surface area (Å²) in [6.07, 6.45) is 2.53. The highest BCUT2D eigenvalue weighted by atomic mass is 79.9. The highest BCUT2D eigenvalue weighted by Gasteiger charge is 2.27. The predicted octanol–water partition coefficient (Wildman–Crippen LogP) is 4.56. The molecule has 0 atom stereocenters. The van der Waals surface area contributed by atoms with Crippen LogP contribution in [-0.2, 0) is 27.9 Å². The van der Waals surface area contributed by atoms with E-state index in [0.29, 0.717) is 12.2 Å². The summed E-state index contributed by atoms with van der Waals surface area (Å²) in [5, 5.41) is 2.86. The van der Waals surface area contributed by atoms with E-state index < -0.39 is 10.0 Å². The lowest BCUT2D eigenvalue weighted by atomic mass is 10.1. The second-order valence-electron chi connectivity index (χ2n) is 8.38. The Balaban J connectivity index is 1.43. The van der Waals surface area contributed by atoms with E-state index in [9.17, 15) is 13.2 Å². The van der Waals surface area contributed by atoms with Crippen molar-refractivity contribution in [2.75, 3.05) is 23.9 Å². The number of nitrogens with zero attached hydrogens (tertiary/aromatic N) is 2. The number of amides is 1. The molecule has 0 bridgehead atoms. The molecule has 1 saturated heterocycles. The van der Waals surface area contributed by atoms with Gasteiger partial charge < -0.3 is 5.32 Å². The number of carbonyl (C=O) groups excluding carboxylic acids is 1. The quantitative estimate of drug-likeness (QED) is 0.431. The van der Waals surface area contributed by atoms with Crippen LogP contribution in [0.2, 0.25) is 0 Å². The van der Waals surface area contributed by atoms with Crippen molar-refractivity contribution in [1.29, 1.82) is 0 Å². The van der Waals surface area contributed by atoms with Gasteiger partial charge in [0.05, 0.1) is 10.6 Å². The highest BCUT2D eigenvalue weighted by Crippen LogP contribution is 2.26. The number of anilines is 1. The van der Waals surface area contributed by atoms with Gasteiger partial charge in [-0.25, -0.2) is 8.42 Å². The topological polar surface area (TPSA) is 69.7 Å². The summed E-state index contributed by atoms with van der Waals surface area (Å²) in [7, 11) is -3.92. The molecule has 1 amide bonds. The maximum Gasteiger partial charge on any atom is 0.264 e. The summed E-state index contributed by atoms with van der Waals surface area (Å²) >= 11 is 3.39. The summed E-state index contributed by atoms with van der Waals surface area (Å²) in [6, 6.07) is 23.3. The molecule has 1 fully saturated rings. The molecular formula is C26H28BrN3O3S. The molecule has 3 aromatic rings. The molecule has 34 heavy (non-hydrogen) atoms. The van der Waals surface area contributed by atoms with E-state index in [1.54, 1.807) is 36.4 Å². The molecule has 3 aromatic carbocycles. The van der Waals surface area contributed by atoms with Crippen molar-refractivity contribution in [2.45, 2.75) is 30.8 Å². The number of hydrogen-bond donors (Lipinski definition) is 1. The van der Waals surface area contributed by atoms with Gasteiger partial charge in [0.1, 0.15) is 6.54 Å². The van der Waals surface area contributed by atoms with Crippen LogP contribution in [0, 0.1) is 0 Å². The summed E-state index contributed by atoms with van der Waals surface area (Å²) in [4.78, 5) is 15.4. The van der Waals surface area contributed by atoms with Crippen molar-refractivity contribution in [1.82, 2.24) is 10.2 Å². The highest BCUT2D eigenvalue weighted by molar-refractivity contribution is 9.10. The molecule has 0 saturated carbocycles. The molecular weight excluding hydrogens is 514 g/mol. The SMILES string of the molecule is O=C(CN(c1cccc(Br)c1)S(=O)(=O)c1ccccc1)NCc1ccc(CN2CCCC2)cc1. The van der Waals surface area contributed by atoms with Gasteiger partial charge in [-0.05, 0) is 67.4 Å². The Morgan fingerprint density at radius 2 is 1.59 bits per heavy atom. The lowest BCUT2D eigenvalue weighted by molar-refractivity contribution is -0.119. The Kier molecular flexibility index (Phi) is 8.03. The van der Waals surface area contributed by atoms with Gasteiger partial charge in [0.25, 0.3) is 10.0 Å². The largest absolute Gasteiger partial charge is 0.350 e. The van der Waals surface area contributed by atoms with Crippen molar-refractivity contribution >= 4 is 37.5 Å². The molecule has 6 nitrogen and oxygen atoms in total. The number of benzene rings is 3. The van der Waals surface area contributed by atoms with Crippen molar-refractivity contribution in [3.63, 3.8) is 0 Å². The van der Waals surface area contributed by atoms with Crippen LogP contribution in [0.25, 0.3) is 0 Å². The average Bonchev–Trinajstić information content (AvgIpc) is 3.35. The molecule has 178 valence electrons. The molecule has 1 heterocycles. The average molecular weight is 542 g/mol. The minimum Gasteiger partial charge on any atom is -0.350 e. The minimum absolute atomic E-state index is 0.136. The smallest absolute Gasteiger partial charge is 0.264 e. The Labute approximate surface area is 209 Å². The fourth-order valence-electron chi connectivity index (χ4n) is 4.01. The maximum atomic E-state index is 13.4. The first-order valence-corrected chi connectivity index (χ1v) is 13.6. The van der Waals surface area contributed by atoms with Crippen LogP contribution in [-0.4, -0.2) is 38.9 Å². The minimum atomic E-state index is -3.92. The van der Waals surface area contributed by atoms with E-state index in [0.717, 1.165) is 34.0 Å². The summed E-state index contributed by atoms with van der Waals surface area (Å²) in [5.74, 6) is -0.374. The molecule has 0 unspecified atom stereocenters. The Morgan fingerprint density at radius 3 is 2.26 bits per heavy atom. The molecule has 1 aliphatic rings. The van der Waals surface area contributed by atoms with E-state index in [4.69, 9.17) is 0 Å². The Hall–Kier alpha value is -2.68. The third kappa shape index (κ3) is 6.25. The number of likely N-dealkylation sites (tertiary alicyclic amines) is 1. The fourth-order valence-corrected chi connectivity index (χ4v) is 5.84. The van der Waals surface area contributed by atoms with Crippen LogP contribution in [0.4, 0.5) is 5.69 Å². The van der Waals surface area contributed by atoms with Crippen LogP contribution in [0.5, 0.6) is 0 Å².